The Morgan fingerprint density at radius 2 is 2.12 bits per heavy atom. The van der Waals surface area contributed by atoms with Gasteiger partial charge in [-0.1, -0.05) is 12.1 Å². The highest BCUT2D eigenvalue weighted by molar-refractivity contribution is 5.90. The molecule has 0 aromatic heterocycles. The van der Waals surface area contributed by atoms with E-state index in [4.69, 9.17) is 0 Å². The molecule has 0 aliphatic heterocycles. The molecule has 0 unspecified atom stereocenters. The van der Waals surface area contributed by atoms with Crippen LogP contribution in [0, 0.1) is 5.82 Å². The molecule has 0 heterocycles. The van der Waals surface area contributed by atoms with E-state index in [0.717, 1.165) is 5.56 Å². The topological polar surface area (TPSA) is 47.6 Å². The highest BCUT2D eigenvalue weighted by Crippen LogP contribution is 2.04. The molecule has 1 N–H and O–H groups in total. The Morgan fingerprint density at radius 1 is 1.44 bits per heavy atom. The van der Waals surface area contributed by atoms with E-state index in [1.54, 1.807) is 18.2 Å². The number of carbonyl (C=O) groups excluding carboxylic acids is 1. The zero-order valence-corrected chi connectivity index (χ0v) is 8.77. The number of hydroxylamine groups is 1. The number of hydrogen-bond donors (Lipinski definition) is 1. The summed E-state index contributed by atoms with van der Waals surface area (Å²) in [6.45, 7) is -0.0177. The standard InChI is InChI=1S/C11H12FNO3/c1-15-8-16-13-11(14)7-4-9-2-5-10(12)6-3-9/h2-7H,8H2,1H3,(H,13,14)/b7-4+. The van der Waals surface area contributed by atoms with E-state index in [0.29, 0.717) is 0 Å². The molecule has 1 aromatic rings. The van der Waals surface area contributed by atoms with Gasteiger partial charge in [-0.2, -0.15) is 0 Å². The molecule has 1 aromatic carbocycles. The van der Waals surface area contributed by atoms with Crippen LogP contribution in [0.15, 0.2) is 30.3 Å². The van der Waals surface area contributed by atoms with Crippen LogP contribution in [0.5, 0.6) is 0 Å². The molecule has 1 rings (SSSR count). The number of carbonyl (C=O) groups is 1. The minimum Gasteiger partial charge on any atom is -0.356 e. The molecule has 0 spiro atoms. The molecule has 0 saturated carbocycles. The second kappa shape index (κ2) is 6.71. The summed E-state index contributed by atoms with van der Waals surface area (Å²) in [4.78, 5) is 15.7. The number of nitrogens with one attached hydrogen (secondary N) is 1. The van der Waals surface area contributed by atoms with Crippen LogP contribution < -0.4 is 5.48 Å². The van der Waals surface area contributed by atoms with Crippen molar-refractivity contribution in [1.29, 1.82) is 0 Å². The minimum absolute atomic E-state index is 0.0177. The van der Waals surface area contributed by atoms with Gasteiger partial charge >= 0.3 is 0 Å². The van der Waals surface area contributed by atoms with Crippen LogP contribution in [0.4, 0.5) is 4.39 Å². The predicted octanol–water partition coefficient (Wildman–Crippen LogP) is 1.49. The maximum absolute atomic E-state index is 12.6. The molecule has 0 saturated heterocycles. The van der Waals surface area contributed by atoms with Crippen LogP contribution in [-0.2, 0) is 14.4 Å². The van der Waals surface area contributed by atoms with E-state index in [9.17, 15) is 9.18 Å². The first-order valence-electron chi connectivity index (χ1n) is 4.56. The largest absolute Gasteiger partial charge is 0.356 e. The number of rotatable bonds is 5. The Bertz CT molecular complexity index is 362. The van der Waals surface area contributed by atoms with Crippen molar-refractivity contribution in [2.75, 3.05) is 13.9 Å². The van der Waals surface area contributed by atoms with Crippen molar-refractivity contribution in [1.82, 2.24) is 5.48 Å². The number of halogens is 1. The third-order valence-electron chi connectivity index (χ3n) is 1.65. The minimum atomic E-state index is -0.415. The van der Waals surface area contributed by atoms with E-state index in [-0.39, 0.29) is 12.6 Å². The molecule has 86 valence electrons. The smallest absolute Gasteiger partial charge is 0.267 e. The van der Waals surface area contributed by atoms with Crippen molar-refractivity contribution in [3.05, 3.63) is 41.7 Å². The molecule has 0 bridgehead atoms. The molecule has 0 atom stereocenters. The first-order chi connectivity index (χ1) is 7.72. The zero-order chi connectivity index (χ0) is 11.8. The zero-order valence-electron chi connectivity index (χ0n) is 8.77. The van der Waals surface area contributed by atoms with E-state index in [1.165, 1.54) is 25.3 Å². The Hall–Kier alpha value is -1.72. The van der Waals surface area contributed by atoms with Gasteiger partial charge in [-0.3, -0.25) is 4.79 Å². The summed E-state index contributed by atoms with van der Waals surface area (Å²) in [7, 11) is 1.44. The fourth-order valence-corrected chi connectivity index (χ4v) is 0.939. The summed E-state index contributed by atoms with van der Waals surface area (Å²) in [6, 6.07) is 5.77. The first-order valence-corrected chi connectivity index (χ1v) is 4.56. The summed E-state index contributed by atoms with van der Waals surface area (Å²) >= 11 is 0. The SMILES string of the molecule is COCONC(=O)/C=C/c1ccc(F)cc1. The highest BCUT2D eigenvalue weighted by atomic mass is 19.1. The van der Waals surface area contributed by atoms with Crippen LogP contribution in [0.25, 0.3) is 6.08 Å². The van der Waals surface area contributed by atoms with Gasteiger partial charge in [0.25, 0.3) is 5.91 Å². The summed E-state index contributed by atoms with van der Waals surface area (Å²) < 4.78 is 17.1. The normalized spacial score (nSPS) is 10.6. The third kappa shape index (κ3) is 4.68. The number of methoxy groups -OCH3 is 1. The molecule has 5 heteroatoms. The summed E-state index contributed by atoms with van der Waals surface area (Å²) in [5.74, 6) is -0.730. The van der Waals surface area contributed by atoms with Crippen molar-refractivity contribution in [3.8, 4) is 0 Å². The lowest BCUT2D eigenvalue weighted by atomic mass is 10.2. The van der Waals surface area contributed by atoms with Crippen molar-refractivity contribution in [2.45, 2.75) is 0 Å². The van der Waals surface area contributed by atoms with Gasteiger partial charge in [0.15, 0.2) is 6.79 Å². The number of benzene rings is 1. The van der Waals surface area contributed by atoms with E-state index >= 15 is 0 Å². The molecule has 0 radical (unpaired) electrons. The Kier molecular flexibility index (Phi) is 5.18. The van der Waals surface area contributed by atoms with Gasteiger partial charge in [-0.05, 0) is 23.8 Å². The van der Waals surface area contributed by atoms with Gasteiger partial charge < -0.3 is 4.74 Å². The average Bonchev–Trinajstić information content (AvgIpc) is 2.29. The molecular formula is C11H12FNO3. The number of ether oxygens (including phenoxy) is 1. The van der Waals surface area contributed by atoms with Gasteiger partial charge in [0.1, 0.15) is 5.82 Å². The molecular weight excluding hydrogens is 213 g/mol. The number of amides is 1. The van der Waals surface area contributed by atoms with Gasteiger partial charge in [-0.15, -0.1) is 0 Å². The Morgan fingerprint density at radius 3 is 2.75 bits per heavy atom. The van der Waals surface area contributed by atoms with Gasteiger partial charge in [0.05, 0.1) is 0 Å². The lowest BCUT2D eigenvalue weighted by Crippen LogP contribution is -2.22. The van der Waals surface area contributed by atoms with E-state index in [1.807, 2.05) is 0 Å². The average molecular weight is 225 g/mol. The Labute approximate surface area is 92.6 Å². The second-order valence-corrected chi connectivity index (χ2v) is 2.90. The fraction of sp³-hybridized carbons (Fsp3) is 0.182. The van der Waals surface area contributed by atoms with Crippen molar-refractivity contribution in [2.24, 2.45) is 0 Å². The third-order valence-corrected chi connectivity index (χ3v) is 1.65. The lowest BCUT2D eigenvalue weighted by Gasteiger charge is -2.00. The van der Waals surface area contributed by atoms with Crippen LogP contribution >= 0.6 is 0 Å². The monoisotopic (exact) mass is 225 g/mol. The molecule has 0 aliphatic rings. The van der Waals surface area contributed by atoms with E-state index < -0.39 is 5.91 Å². The quantitative estimate of drug-likeness (QED) is 0.357. The lowest BCUT2D eigenvalue weighted by molar-refractivity contribution is -0.139. The maximum atomic E-state index is 12.6. The first kappa shape index (κ1) is 12.4. The van der Waals surface area contributed by atoms with Gasteiger partial charge in [0, 0.05) is 13.2 Å². The highest BCUT2D eigenvalue weighted by Gasteiger charge is 1.94. The van der Waals surface area contributed by atoms with Crippen LogP contribution in [0.2, 0.25) is 0 Å². The maximum Gasteiger partial charge on any atom is 0.267 e. The molecule has 4 nitrogen and oxygen atoms in total. The van der Waals surface area contributed by atoms with Crippen molar-refractivity contribution >= 4 is 12.0 Å². The van der Waals surface area contributed by atoms with Crippen LogP contribution in [0.3, 0.4) is 0 Å². The second-order valence-electron chi connectivity index (χ2n) is 2.90. The van der Waals surface area contributed by atoms with E-state index in [2.05, 4.69) is 15.1 Å². The summed E-state index contributed by atoms with van der Waals surface area (Å²) in [5, 5.41) is 0. The van der Waals surface area contributed by atoms with Crippen LogP contribution in [-0.4, -0.2) is 19.8 Å². The van der Waals surface area contributed by atoms with Crippen molar-refractivity contribution < 1.29 is 18.8 Å². The number of hydrogen-bond acceptors (Lipinski definition) is 3. The van der Waals surface area contributed by atoms with Gasteiger partial charge in [-0.25, -0.2) is 14.7 Å². The molecule has 16 heavy (non-hydrogen) atoms. The Balaban J connectivity index is 2.41. The predicted molar refractivity (Wildman–Crippen MR) is 56.5 cm³/mol. The van der Waals surface area contributed by atoms with Crippen molar-refractivity contribution in [3.63, 3.8) is 0 Å². The molecule has 1 amide bonds. The summed E-state index contributed by atoms with van der Waals surface area (Å²) in [5.41, 5.74) is 2.87. The van der Waals surface area contributed by atoms with Crippen LogP contribution in [0.1, 0.15) is 5.56 Å². The fourth-order valence-electron chi connectivity index (χ4n) is 0.939. The molecule has 0 aliphatic carbocycles. The molecule has 0 fully saturated rings. The summed E-state index contributed by atoms with van der Waals surface area (Å²) in [6.07, 6.45) is 2.83. The van der Waals surface area contributed by atoms with Gasteiger partial charge in [0.2, 0.25) is 0 Å².